The van der Waals surface area contributed by atoms with Crippen LogP contribution >= 0.6 is 22.7 Å². The Morgan fingerprint density at radius 2 is 2.00 bits per heavy atom. The van der Waals surface area contributed by atoms with Crippen LogP contribution < -0.4 is 17.4 Å². The number of aromatic amines is 2. The van der Waals surface area contributed by atoms with Gasteiger partial charge in [0.15, 0.2) is 5.69 Å². The summed E-state index contributed by atoms with van der Waals surface area (Å²) in [6, 6.07) is 4.40. The molecule has 2 nitrogen and oxygen atoms in total. The first kappa shape index (κ1) is 12.9. The van der Waals surface area contributed by atoms with Crippen LogP contribution in [-0.4, -0.2) is 4.98 Å². The van der Waals surface area contributed by atoms with Crippen LogP contribution in [0, 0.1) is 6.92 Å². The molecule has 4 rings (SSSR count). The van der Waals surface area contributed by atoms with Gasteiger partial charge in [-0.25, -0.2) is 9.97 Å². The maximum Gasteiger partial charge on any atom is 0.295 e. The zero-order valence-corrected chi connectivity index (χ0v) is 12.8. The first-order valence-electron chi connectivity index (χ1n) is 6.08. The topological polar surface area (TPSA) is 29.9 Å². The molecule has 0 aliphatic heterocycles. The average molecular weight is 309 g/mol. The van der Waals surface area contributed by atoms with E-state index >= 15 is 0 Å². The highest BCUT2D eigenvalue weighted by Crippen LogP contribution is 2.35. The van der Waals surface area contributed by atoms with Gasteiger partial charge in [0.05, 0.1) is 0 Å². The third-order valence-electron chi connectivity index (χ3n) is 3.53. The van der Waals surface area contributed by atoms with Crippen molar-refractivity contribution in [2.75, 3.05) is 0 Å². The normalized spacial score (nSPS) is 12.7. The fraction of sp³-hybridized carbons (Fsp3) is 0.214. The minimum Gasteiger partial charge on any atom is -1.00 e. The van der Waals surface area contributed by atoms with E-state index in [4.69, 9.17) is 0 Å². The highest BCUT2D eigenvalue weighted by Gasteiger charge is 2.27. The van der Waals surface area contributed by atoms with Crippen molar-refractivity contribution < 1.29 is 17.4 Å². The number of aromatic nitrogens is 2. The molecule has 0 atom stereocenters. The Balaban J connectivity index is 0.00000110. The summed E-state index contributed by atoms with van der Waals surface area (Å²) in [6.45, 7) is 2.16. The van der Waals surface area contributed by atoms with Crippen molar-refractivity contribution in [3.8, 4) is 22.0 Å². The SMILES string of the molecule is Cc1ccsc1-c1[nH]c2c([nH+]1)-c1ccsc1CC2.[Cl-]. The predicted octanol–water partition coefficient (Wildman–Crippen LogP) is 0.697. The average Bonchev–Trinajstić information content (AvgIpc) is 3.04. The lowest BCUT2D eigenvalue weighted by Crippen LogP contribution is -3.00. The smallest absolute Gasteiger partial charge is 0.295 e. The van der Waals surface area contributed by atoms with Crippen LogP contribution in [0.25, 0.3) is 22.0 Å². The van der Waals surface area contributed by atoms with Gasteiger partial charge >= 0.3 is 0 Å². The molecule has 0 amide bonds. The van der Waals surface area contributed by atoms with Gasteiger partial charge < -0.3 is 12.4 Å². The molecule has 1 aliphatic rings. The number of imidazole rings is 1. The number of fused-ring (bicyclic) bond motifs is 3. The Hall–Kier alpha value is -1.10. The van der Waals surface area contributed by atoms with Gasteiger partial charge in [-0.2, -0.15) is 0 Å². The van der Waals surface area contributed by atoms with E-state index in [2.05, 4.69) is 39.8 Å². The number of thiophene rings is 2. The van der Waals surface area contributed by atoms with E-state index in [0.29, 0.717) is 0 Å². The van der Waals surface area contributed by atoms with Crippen molar-refractivity contribution in [1.29, 1.82) is 0 Å². The summed E-state index contributed by atoms with van der Waals surface area (Å²) in [7, 11) is 0. The molecule has 5 heteroatoms. The number of aryl methyl sites for hydroxylation is 3. The van der Waals surface area contributed by atoms with E-state index < -0.39 is 0 Å². The number of hydrogen-bond donors (Lipinski definition) is 1. The molecule has 3 heterocycles. The molecule has 0 aromatic carbocycles. The number of nitrogens with one attached hydrogen (secondary N) is 2. The van der Waals surface area contributed by atoms with Crippen molar-refractivity contribution in [1.82, 2.24) is 4.98 Å². The second kappa shape index (κ2) is 4.78. The van der Waals surface area contributed by atoms with E-state index in [1.54, 1.807) is 11.3 Å². The summed E-state index contributed by atoms with van der Waals surface area (Å²) in [5.74, 6) is 1.16. The Morgan fingerprint density at radius 3 is 2.79 bits per heavy atom. The summed E-state index contributed by atoms with van der Waals surface area (Å²) >= 11 is 3.66. The molecule has 0 saturated heterocycles. The van der Waals surface area contributed by atoms with Crippen LogP contribution in [-0.2, 0) is 12.8 Å². The van der Waals surface area contributed by atoms with Crippen LogP contribution in [0.4, 0.5) is 0 Å². The third kappa shape index (κ3) is 1.95. The molecule has 1 aliphatic carbocycles. The van der Waals surface area contributed by atoms with E-state index in [1.165, 1.54) is 32.3 Å². The molecule has 0 saturated carbocycles. The molecule has 0 unspecified atom stereocenters. The second-order valence-corrected chi connectivity index (χ2v) is 6.59. The van der Waals surface area contributed by atoms with Gasteiger partial charge in [-0.1, -0.05) is 0 Å². The molecule has 0 radical (unpaired) electrons. The Labute approximate surface area is 125 Å². The molecule has 98 valence electrons. The van der Waals surface area contributed by atoms with Crippen LogP contribution in [0.2, 0.25) is 0 Å². The number of H-pyrrole nitrogens is 2. The molecule has 2 N–H and O–H groups in total. The van der Waals surface area contributed by atoms with Crippen LogP contribution in [0.15, 0.2) is 22.9 Å². The number of halogens is 1. The Kier molecular flexibility index (Phi) is 3.25. The summed E-state index contributed by atoms with van der Waals surface area (Å²) in [5.41, 5.74) is 5.36. The van der Waals surface area contributed by atoms with Crippen molar-refractivity contribution >= 4 is 22.7 Å². The summed E-state index contributed by atoms with van der Waals surface area (Å²) in [5, 5.41) is 4.34. The third-order valence-corrected chi connectivity index (χ3v) is 5.55. The molecule has 0 spiro atoms. The molecule has 3 aromatic rings. The molecular formula is C14H13ClN2S2. The molecule has 0 bridgehead atoms. The molecule has 19 heavy (non-hydrogen) atoms. The maximum atomic E-state index is 3.58. The van der Waals surface area contributed by atoms with E-state index in [1.807, 2.05) is 11.3 Å². The van der Waals surface area contributed by atoms with Gasteiger partial charge in [0, 0.05) is 16.9 Å². The van der Waals surface area contributed by atoms with E-state index in [-0.39, 0.29) is 12.4 Å². The Bertz CT molecular complexity index is 723. The van der Waals surface area contributed by atoms with Gasteiger partial charge in [-0.15, -0.1) is 22.7 Å². The number of hydrogen-bond acceptors (Lipinski definition) is 2. The molecule has 0 fully saturated rings. The largest absolute Gasteiger partial charge is 1.00 e. The zero-order chi connectivity index (χ0) is 12.1. The first-order chi connectivity index (χ1) is 8.83. The fourth-order valence-corrected chi connectivity index (χ4v) is 4.37. The van der Waals surface area contributed by atoms with E-state index in [0.717, 1.165) is 18.7 Å². The van der Waals surface area contributed by atoms with Gasteiger partial charge in [-0.05, 0) is 41.8 Å². The van der Waals surface area contributed by atoms with Crippen molar-refractivity contribution in [2.45, 2.75) is 19.8 Å². The minimum absolute atomic E-state index is 0. The summed E-state index contributed by atoms with van der Waals surface area (Å²) < 4.78 is 0. The molecular weight excluding hydrogens is 296 g/mol. The van der Waals surface area contributed by atoms with Crippen molar-refractivity contribution in [2.24, 2.45) is 0 Å². The summed E-state index contributed by atoms with van der Waals surface area (Å²) in [4.78, 5) is 9.97. The first-order valence-corrected chi connectivity index (χ1v) is 7.84. The molecule has 3 aromatic heterocycles. The lowest BCUT2D eigenvalue weighted by atomic mass is 10.0. The quantitative estimate of drug-likeness (QED) is 0.686. The second-order valence-electron chi connectivity index (χ2n) is 4.67. The fourth-order valence-electron chi connectivity index (χ4n) is 2.60. The standard InChI is InChI=1S/C14H12N2S2.ClH/c1-8-4-6-18-13(8)14-15-10-2-3-11-9(5-7-17-11)12(10)16-14;/h4-7H,2-3H2,1H3,(H,15,16);1H. The van der Waals surface area contributed by atoms with Crippen molar-refractivity contribution in [3.63, 3.8) is 0 Å². The van der Waals surface area contributed by atoms with Gasteiger partial charge in [0.2, 0.25) is 0 Å². The van der Waals surface area contributed by atoms with Gasteiger partial charge in [0.1, 0.15) is 10.6 Å². The lowest BCUT2D eigenvalue weighted by Gasteiger charge is -2.05. The highest BCUT2D eigenvalue weighted by atomic mass is 35.5. The van der Waals surface area contributed by atoms with Crippen LogP contribution in [0.1, 0.15) is 16.1 Å². The maximum absolute atomic E-state index is 3.58. The minimum atomic E-state index is 0. The van der Waals surface area contributed by atoms with Gasteiger partial charge in [-0.3, -0.25) is 0 Å². The highest BCUT2D eigenvalue weighted by molar-refractivity contribution is 7.13. The van der Waals surface area contributed by atoms with E-state index in [9.17, 15) is 0 Å². The monoisotopic (exact) mass is 308 g/mol. The zero-order valence-electron chi connectivity index (χ0n) is 10.4. The van der Waals surface area contributed by atoms with Crippen LogP contribution in [0.3, 0.4) is 0 Å². The van der Waals surface area contributed by atoms with Crippen LogP contribution in [0.5, 0.6) is 0 Å². The summed E-state index contributed by atoms with van der Waals surface area (Å²) in [6.07, 6.45) is 2.28. The van der Waals surface area contributed by atoms with Gasteiger partial charge in [0.25, 0.3) is 5.82 Å². The Morgan fingerprint density at radius 1 is 1.16 bits per heavy atom. The van der Waals surface area contributed by atoms with Crippen molar-refractivity contribution in [3.05, 3.63) is 39.0 Å². The predicted molar refractivity (Wildman–Crippen MR) is 76.1 cm³/mol. The number of rotatable bonds is 1. The lowest BCUT2D eigenvalue weighted by molar-refractivity contribution is -0.349.